The van der Waals surface area contributed by atoms with Gasteiger partial charge in [-0.1, -0.05) is 0 Å². The summed E-state index contributed by atoms with van der Waals surface area (Å²) >= 11 is -2.16. The summed E-state index contributed by atoms with van der Waals surface area (Å²) in [4.78, 5) is 26.4. The first-order valence-electron chi connectivity index (χ1n) is 6.99. The molecule has 1 saturated heterocycles. The molecule has 1 aromatic rings. The molecule has 1 atom stereocenters. The molecule has 1 unspecified atom stereocenters. The summed E-state index contributed by atoms with van der Waals surface area (Å²) in [6.07, 6.45) is -1.08. The minimum atomic E-state index is -2.16. The van der Waals surface area contributed by atoms with Gasteiger partial charge in [0, 0.05) is 0 Å². The van der Waals surface area contributed by atoms with Crippen molar-refractivity contribution in [3.8, 4) is 0 Å². The van der Waals surface area contributed by atoms with Gasteiger partial charge in [0.05, 0.1) is 0 Å². The zero-order valence-electron chi connectivity index (χ0n) is 12.6. The van der Waals surface area contributed by atoms with Gasteiger partial charge in [0.2, 0.25) is 0 Å². The molecule has 20 heavy (non-hydrogen) atoms. The number of carboxylic acid groups (broad SMARTS) is 1. The van der Waals surface area contributed by atoms with E-state index in [0.717, 1.165) is 5.82 Å². The number of carbonyl (C=O) groups excluding carboxylic acids is 1. The molecule has 0 saturated carbocycles. The van der Waals surface area contributed by atoms with Crippen molar-refractivity contribution in [2.75, 3.05) is 24.5 Å². The molecule has 110 valence electrons. The van der Waals surface area contributed by atoms with Crippen LogP contribution in [0.4, 0.5) is 10.6 Å². The Kier molecular flexibility index (Phi) is 4.46. The molecule has 5 nitrogen and oxygen atoms in total. The van der Waals surface area contributed by atoms with Crippen molar-refractivity contribution in [1.29, 1.82) is 0 Å². The average molecular weight is 383 g/mol. The molecule has 0 aromatic carbocycles. The van der Waals surface area contributed by atoms with Gasteiger partial charge in [0.15, 0.2) is 0 Å². The van der Waals surface area contributed by atoms with Gasteiger partial charge in [-0.2, -0.15) is 0 Å². The van der Waals surface area contributed by atoms with E-state index in [-0.39, 0.29) is 6.04 Å². The standard InChI is InChI=1S/C11H14N3O2.3CH3.Sn/c1-9-8-13(6-7-14(9)11(15)16)10-4-2-3-5-12-10;;;;/h2-4,9H,6-8H2,1H3,(H,15,16);3*1H3;/p-1. The maximum absolute atomic E-state index is 11.0. The number of carbonyl (C=O) groups is 1. The number of piperazine rings is 1. The van der Waals surface area contributed by atoms with E-state index in [0.29, 0.717) is 19.6 Å². The van der Waals surface area contributed by atoms with E-state index >= 15 is 0 Å². The van der Waals surface area contributed by atoms with E-state index in [2.05, 4.69) is 31.9 Å². The van der Waals surface area contributed by atoms with Gasteiger partial charge in [-0.25, -0.2) is 0 Å². The van der Waals surface area contributed by atoms with Crippen LogP contribution in [0.1, 0.15) is 6.92 Å². The van der Waals surface area contributed by atoms with Gasteiger partial charge >= 0.3 is 124 Å². The third kappa shape index (κ3) is 3.37. The Balaban J connectivity index is 2.16. The van der Waals surface area contributed by atoms with Gasteiger partial charge < -0.3 is 0 Å². The summed E-state index contributed by atoms with van der Waals surface area (Å²) in [5.74, 6) is 0.971. The van der Waals surface area contributed by atoms with Crippen LogP contribution in [0.2, 0.25) is 14.8 Å². The first-order chi connectivity index (χ1) is 9.29. The minimum absolute atomic E-state index is 0.0580. The normalized spacial score (nSPS) is 20.1. The molecule has 1 aliphatic rings. The Morgan fingerprint density at radius 2 is 2.05 bits per heavy atom. The van der Waals surface area contributed by atoms with Crippen molar-refractivity contribution in [2.24, 2.45) is 0 Å². The molecule has 0 spiro atoms. The molecule has 1 amide bonds. The van der Waals surface area contributed by atoms with Crippen LogP contribution in [0.15, 0.2) is 18.2 Å². The van der Waals surface area contributed by atoms with E-state index in [1.165, 1.54) is 8.61 Å². The second kappa shape index (κ2) is 5.79. The van der Waals surface area contributed by atoms with Gasteiger partial charge in [-0.15, -0.1) is 0 Å². The molecule has 2 rings (SSSR count). The fourth-order valence-corrected chi connectivity index (χ4v) is 5.44. The second-order valence-electron chi connectivity index (χ2n) is 6.39. The number of pyridine rings is 1. The fraction of sp³-hybridized carbons (Fsp3) is 0.571. The first-order valence-corrected chi connectivity index (χ1v) is 17.0. The van der Waals surface area contributed by atoms with Crippen LogP contribution in [0.25, 0.3) is 0 Å². The molecule has 0 N–H and O–H groups in total. The Hall–Kier alpha value is -0.981. The molecule has 0 aliphatic carbocycles. The van der Waals surface area contributed by atoms with Crippen molar-refractivity contribution in [3.05, 3.63) is 18.2 Å². The number of nitrogens with zero attached hydrogens (tertiary/aromatic N) is 3. The summed E-state index contributed by atoms with van der Waals surface area (Å²) in [7, 11) is 0. The summed E-state index contributed by atoms with van der Waals surface area (Å²) in [5, 5.41) is 11.0. The van der Waals surface area contributed by atoms with Crippen LogP contribution in [0.5, 0.6) is 0 Å². The number of amides is 1. The van der Waals surface area contributed by atoms with Gasteiger partial charge in [-0.3, -0.25) is 0 Å². The van der Waals surface area contributed by atoms with Gasteiger partial charge in [0.25, 0.3) is 0 Å². The van der Waals surface area contributed by atoms with Crippen molar-refractivity contribution in [2.45, 2.75) is 27.8 Å². The van der Waals surface area contributed by atoms with Crippen LogP contribution in [0.3, 0.4) is 0 Å². The zero-order chi connectivity index (χ0) is 14.9. The van der Waals surface area contributed by atoms with Crippen molar-refractivity contribution < 1.29 is 9.90 Å². The number of rotatable bonds is 2. The summed E-state index contributed by atoms with van der Waals surface area (Å²) in [5.41, 5.74) is 0. The maximum atomic E-state index is 11.0. The Morgan fingerprint density at radius 1 is 1.35 bits per heavy atom. The third-order valence-electron chi connectivity index (χ3n) is 3.69. The fourth-order valence-electron chi connectivity index (χ4n) is 2.45. The molecule has 1 aliphatic heterocycles. The quantitative estimate of drug-likeness (QED) is 0.698. The van der Waals surface area contributed by atoms with E-state index in [1.807, 2.05) is 13.0 Å². The monoisotopic (exact) mass is 384 g/mol. The number of hydrogen-bond acceptors (Lipinski definition) is 4. The van der Waals surface area contributed by atoms with E-state index in [1.54, 1.807) is 0 Å². The number of anilines is 1. The van der Waals surface area contributed by atoms with E-state index in [4.69, 9.17) is 4.98 Å². The summed E-state index contributed by atoms with van der Waals surface area (Å²) < 4.78 is 1.26. The molecule has 6 heteroatoms. The summed E-state index contributed by atoms with van der Waals surface area (Å²) in [6.45, 7) is 3.74. The molecular weight excluding hydrogens is 361 g/mol. The molecular formula is C14H22N3O2Sn-. The SMILES string of the molecule is CC1CN(c2ccc[c]([Sn]([CH3])([CH3])[CH3])n2)CCN1C(=O)[O-]. The third-order valence-corrected chi connectivity index (χ3v) is 8.87. The Bertz CT molecular complexity index is 501. The molecule has 2 heterocycles. The number of hydrogen-bond donors (Lipinski definition) is 0. The van der Waals surface area contributed by atoms with Crippen LogP contribution < -0.4 is 13.7 Å². The van der Waals surface area contributed by atoms with Crippen molar-refractivity contribution >= 4 is 34.0 Å². The van der Waals surface area contributed by atoms with Crippen LogP contribution in [0, 0.1) is 0 Å². The van der Waals surface area contributed by atoms with Gasteiger partial charge in [-0.05, 0) is 0 Å². The van der Waals surface area contributed by atoms with E-state index < -0.39 is 24.5 Å². The molecule has 1 aromatic heterocycles. The Morgan fingerprint density at radius 3 is 2.60 bits per heavy atom. The molecule has 1 fully saturated rings. The first kappa shape index (κ1) is 15.4. The zero-order valence-corrected chi connectivity index (χ0v) is 15.4. The van der Waals surface area contributed by atoms with Crippen LogP contribution in [-0.4, -0.2) is 60.0 Å². The second-order valence-corrected chi connectivity index (χ2v) is 20.7. The Labute approximate surface area is 124 Å². The topological polar surface area (TPSA) is 59.5 Å². The molecule has 0 radical (unpaired) electrons. The predicted molar refractivity (Wildman–Crippen MR) is 81.0 cm³/mol. The summed E-state index contributed by atoms with van der Waals surface area (Å²) in [6, 6.07) is 6.15. The average Bonchev–Trinajstić information content (AvgIpc) is 2.37. The van der Waals surface area contributed by atoms with E-state index in [9.17, 15) is 9.90 Å². The molecule has 0 bridgehead atoms. The van der Waals surface area contributed by atoms with Crippen LogP contribution >= 0.6 is 0 Å². The van der Waals surface area contributed by atoms with Crippen molar-refractivity contribution in [3.63, 3.8) is 0 Å². The predicted octanol–water partition coefficient (Wildman–Crippen LogP) is 0.481. The van der Waals surface area contributed by atoms with Gasteiger partial charge in [0.1, 0.15) is 0 Å². The number of aromatic nitrogens is 1. The van der Waals surface area contributed by atoms with Crippen LogP contribution in [-0.2, 0) is 0 Å². The van der Waals surface area contributed by atoms with Crippen molar-refractivity contribution in [1.82, 2.24) is 9.88 Å².